The molecule has 0 amide bonds. The van der Waals surface area contributed by atoms with E-state index in [0.29, 0.717) is 6.54 Å². The van der Waals surface area contributed by atoms with Crippen LogP contribution in [0.2, 0.25) is 0 Å². The topological polar surface area (TPSA) is 38.3 Å². The molecule has 0 bridgehead atoms. The Labute approximate surface area is 108 Å². The predicted octanol–water partition coefficient (Wildman–Crippen LogP) is 2.81. The highest BCUT2D eigenvalue weighted by Gasteiger charge is 2.21. The molecule has 1 N–H and O–H groups in total. The van der Waals surface area contributed by atoms with Gasteiger partial charge in [-0.25, -0.2) is 4.79 Å². The van der Waals surface area contributed by atoms with Gasteiger partial charge in [-0.1, -0.05) is 6.07 Å². The molecular formula is C12H13NO2S2. The van der Waals surface area contributed by atoms with Crippen LogP contribution in [0.1, 0.15) is 16.5 Å². The summed E-state index contributed by atoms with van der Waals surface area (Å²) in [7, 11) is 1.41. The summed E-state index contributed by atoms with van der Waals surface area (Å²) < 4.78 is 4.81. The maximum atomic E-state index is 11.7. The zero-order valence-corrected chi connectivity index (χ0v) is 11.0. The van der Waals surface area contributed by atoms with Crippen LogP contribution >= 0.6 is 22.7 Å². The number of hydrogen-bond donors (Lipinski definition) is 1. The minimum atomic E-state index is -0.381. The lowest BCUT2D eigenvalue weighted by Crippen LogP contribution is -2.28. The summed E-state index contributed by atoms with van der Waals surface area (Å²) in [6.45, 7) is 0.674. The molecule has 0 spiro atoms. The SMILES string of the molecule is COC(=O)C(NCc1cccs1)c1ccsc1. The van der Waals surface area contributed by atoms with Crippen molar-refractivity contribution in [3.05, 3.63) is 44.8 Å². The molecule has 0 radical (unpaired) electrons. The summed E-state index contributed by atoms with van der Waals surface area (Å²) in [4.78, 5) is 12.9. The van der Waals surface area contributed by atoms with Gasteiger partial charge in [-0.15, -0.1) is 11.3 Å². The van der Waals surface area contributed by atoms with Crippen molar-refractivity contribution in [1.29, 1.82) is 0 Å². The van der Waals surface area contributed by atoms with Crippen molar-refractivity contribution in [2.75, 3.05) is 7.11 Å². The minimum absolute atomic E-state index is 0.250. The van der Waals surface area contributed by atoms with E-state index < -0.39 is 0 Å². The third kappa shape index (κ3) is 3.15. The molecule has 0 saturated carbocycles. The number of rotatable bonds is 5. The van der Waals surface area contributed by atoms with Crippen LogP contribution in [0.25, 0.3) is 0 Å². The number of thiophene rings is 2. The van der Waals surface area contributed by atoms with Crippen molar-refractivity contribution < 1.29 is 9.53 Å². The van der Waals surface area contributed by atoms with Gasteiger partial charge in [0.1, 0.15) is 6.04 Å². The number of esters is 1. The molecule has 0 saturated heterocycles. The monoisotopic (exact) mass is 267 g/mol. The predicted molar refractivity (Wildman–Crippen MR) is 70.2 cm³/mol. The van der Waals surface area contributed by atoms with Gasteiger partial charge in [0.25, 0.3) is 0 Å². The zero-order valence-electron chi connectivity index (χ0n) is 9.38. The Morgan fingerprint density at radius 2 is 2.35 bits per heavy atom. The van der Waals surface area contributed by atoms with Gasteiger partial charge >= 0.3 is 5.97 Å². The second-order valence-electron chi connectivity index (χ2n) is 3.47. The Kier molecular flexibility index (Phi) is 4.30. The van der Waals surface area contributed by atoms with E-state index in [9.17, 15) is 4.79 Å². The average Bonchev–Trinajstić information content (AvgIpc) is 3.01. The van der Waals surface area contributed by atoms with E-state index >= 15 is 0 Å². The molecule has 2 aromatic heterocycles. The van der Waals surface area contributed by atoms with Gasteiger partial charge in [-0.3, -0.25) is 5.32 Å². The summed E-state index contributed by atoms with van der Waals surface area (Å²) in [5.74, 6) is -0.250. The summed E-state index contributed by atoms with van der Waals surface area (Å²) in [6, 6.07) is 5.60. The number of methoxy groups -OCH3 is 1. The van der Waals surface area contributed by atoms with E-state index in [1.54, 1.807) is 22.7 Å². The highest BCUT2D eigenvalue weighted by molar-refractivity contribution is 7.09. The number of carbonyl (C=O) groups is 1. The molecule has 2 heterocycles. The summed E-state index contributed by atoms with van der Waals surface area (Å²) in [5, 5.41) is 9.16. The molecule has 2 aromatic rings. The number of ether oxygens (including phenoxy) is 1. The van der Waals surface area contributed by atoms with E-state index in [2.05, 4.69) is 5.32 Å². The zero-order chi connectivity index (χ0) is 12.1. The lowest BCUT2D eigenvalue weighted by atomic mass is 10.1. The molecular weight excluding hydrogens is 254 g/mol. The van der Waals surface area contributed by atoms with Gasteiger partial charge in [-0.2, -0.15) is 11.3 Å². The van der Waals surface area contributed by atoms with Crippen molar-refractivity contribution in [1.82, 2.24) is 5.32 Å². The molecule has 5 heteroatoms. The normalized spacial score (nSPS) is 12.3. The van der Waals surface area contributed by atoms with E-state index in [-0.39, 0.29) is 12.0 Å². The first kappa shape index (κ1) is 12.3. The maximum Gasteiger partial charge on any atom is 0.327 e. The Hall–Kier alpha value is -1.17. The van der Waals surface area contributed by atoms with Crippen molar-refractivity contribution in [2.24, 2.45) is 0 Å². The lowest BCUT2D eigenvalue weighted by molar-refractivity contribution is -0.143. The summed E-state index contributed by atoms with van der Waals surface area (Å²) >= 11 is 3.24. The summed E-state index contributed by atoms with van der Waals surface area (Å²) in [6.07, 6.45) is 0. The Balaban J connectivity index is 2.04. The molecule has 3 nitrogen and oxygen atoms in total. The molecule has 1 unspecified atom stereocenters. The molecule has 0 aliphatic heterocycles. The van der Waals surface area contributed by atoms with Gasteiger partial charge in [0.2, 0.25) is 0 Å². The van der Waals surface area contributed by atoms with Crippen LogP contribution in [0.15, 0.2) is 34.3 Å². The van der Waals surface area contributed by atoms with Gasteiger partial charge in [0.05, 0.1) is 7.11 Å². The van der Waals surface area contributed by atoms with Crippen LogP contribution in [-0.2, 0) is 16.1 Å². The van der Waals surface area contributed by atoms with Crippen LogP contribution < -0.4 is 5.32 Å². The fraction of sp³-hybridized carbons (Fsp3) is 0.250. The molecule has 2 rings (SSSR count). The van der Waals surface area contributed by atoms with Crippen LogP contribution in [0.4, 0.5) is 0 Å². The van der Waals surface area contributed by atoms with Gasteiger partial charge in [0, 0.05) is 11.4 Å². The van der Waals surface area contributed by atoms with Crippen LogP contribution in [0.5, 0.6) is 0 Å². The fourth-order valence-corrected chi connectivity index (χ4v) is 2.85. The first-order valence-electron chi connectivity index (χ1n) is 5.17. The number of hydrogen-bond acceptors (Lipinski definition) is 5. The smallest absolute Gasteiger partial charge is 0.327 e. The van der Waals surface area contributed by atoms with E-state index in [0.717, 1.165) is 5.56 Å². The fourth-order valence-electron chi connectivity index (χ4n) is 1.51. The van der Waals surface area contributed by atoms with Gasteiger partial charge < -0.3 is 4.74 Å². The van der Waals surface area contributed by atoms with Crippen molar-refractivity contribution in [3.8, 4) is 0 Å². The maximum absolute atomic E-state index is 11.7. The first-order valence-corrected chi connectivity index (χ1v) is 6.99. The third-order valence-corrected chi connectivity index (χ3v) is 3.95. The van der Waals surface area contributed by atoms with Gasteiger partial charge in [0.15, 0.2) is 0 Å². The average molecular weight is 267 g/mol. The quantitative estimate of drug-likeness (QED) is 0.847. The standard InChI is InChI=1S/C12H13NO2S2/c1-15-12(14)11(9-4-6-16-8-9)13-7-10-3-2-5-17-10/h2-6,8,11,13H,7H2,1H3. The van der Waals surface area contributed by atoms with Gasteiger partial charge in [-0.05, 0) is 33.8 Å². The van der Waals surface area contributed by atoms with Crippen LogP contribution in [-0.4, -0.2) is 13.1 Å². The molecule has 0 aromatic carbocycles. The molecule has 17 heavy (non-hydrogen) atoms. The van der Waals surface area contributed by atoms with Crippen molar-refractivity contribution >= 4 is 28.6 Å². The molecule has 1 atom stereocenters. The second kappa shape index (κ2) is 5.95. The Morgan fingerprint density at radius 3 is 2.94 bits per heavy atom. The Bertz CT molecular complexity index is 451. The number of carbonyl (C=O) groups excluding carboxylic acids is 1. The highest BCUT2D eigenvalue weighted by Crippen LogP contribution is 2.19. The second-order valence-corrected chi connectivity index (χ2v) is 5.29. The summed E-state index contributed by atoms with van der Waals surface area (Å²) in [5.41, 5.74) is 0.957. The third-order valence-electron chi connectivity index (χ3n) is 2.37. The molecule has 90 valence electrons. The lowest BCUT2D eigenvalue weighted by Gasteiger charge is -2.14. The van der Waals surface area contributed by atoms with Crippen molar-refractivity contribution in [3.63, 3.8) is 0 Å². The largest absolute Gasteiger partial charge is 0.468 e. The van der Waals surface area contributed by atoms with Crippen molar-refractivity contribution in [2.45, 2.75) is 12.6 Å². The molecule has 0 aliphatic carbocycles. The minimum Gasteiger partial charge on any atom is -0.468 e. The van der Waals surface area contributed by atoms with E-state index in [1.165, 1.54) is 12.0 Å². The van der Waals surface area contributed by atoms with Crippen LogP contribution in [0.3, 0.4) is 0 Å². The molecule has 0 fully saturated rings. The molecule has 0 aliphatic rings. The van der Waals surface area contributed by atoms with Crippen LogP contribution in [0, 0.1) is 0 Å². The first-order chi connectivity index (χ1) is 8.31. The number of nitrogens with one attached hydrogen (secondary N) is 1. The highest BCUT2D eigenvalue weighted by atomic mass is 32.1. The Morgan fingerprint density at radius 1 is 1.47 bits per heavy atom. The van der Waals surface area contributed by atoms with E-state index in [1.807, 2.05) is 34.3 Å². The van der Waals surface area contributed by atoms with E-state index in [4.69, 9.17) is 4.74 Å².